The molecule has 3 heteroatoms. The number of benzene rings is 1. The molecule has 3 nitrogen and oxygen atoms in total. The molecule has 0 radical (unpaired) electrons. The molecule has 1 aromatic rings. The van der Waals surface area contributed by atoms with Crippen LogP contribution in [0.2, 0.25) is 0 Å². The monoisotopic (exact) mass is 229 g/mol. The fourth-order valence-electron chi connectivity index (χ4n) is 2.53. The van der Waals surface area contributed by atoms with Crippen molar-refractivity contribution in [3.8, 4) is 0 Å². The number of nitrogens with one attached hydrogen (secondary N) is 1. The summed E-state index contributed by atoms with van der Waals surface area (Å²) in [5.41, 5.74) is 1.03. The SMILES string of the molecule is N=C(c1ccccc1)N1CCN(C2CC2)CC1. The van der Waals surface area contributed by atoms with Crippen molar-refractivity contribution in [3.05, 3.63) is 35.9 Å². The molecule has 1 aliphatic heterocycles. The Balaban J connectivity index is 1.60. The standard InChI is InChI=1S/C14H19N3/c15-14(12-4-2-1-3-5-12)17-10-8-16(9-11-17)13-6-7-13/h1-5,13,15H,6-11H2. The highest BCUT2D eigenvalue weighted by atomic mass is 15.3. The summed E-state index contributed by atoms with van der Waals surface area (Å²) in [6, 6.07) is 10.9. The molecule has 0 amide bonds. The average Bonchev–Trinajstić information content (AvgIpc) is 3.24. The molecule has 0 spiro atoms. The van der Waals surface area contributed by atoms with Crippen LogP contribution in [0.1, 0.15) is 18.4 Å². The molecule has 1 aliphatic carbocycles. The summed E-state index contributed by atoms with van der Waals surface area (Å²) in [6.45, 7) is 4.26. The van der Waals surface area contributed by atoms with E-state index >= 15 is 0 Å². The minimum atomic E-state index is 0.682. The van der Waals surface area contributed by atoms with Crippen molar-refractivity contribution in [1.29, 1.82) is 5.41 Å². The molecule has 17 heavy (non-hydrogen) atoms. The molecular weight excluding hydrogens is 210 g/mol. The Morgan fingerprint density at radius 2 is 1.65 bits per heavy atom. The van der Waals surface area contributed by atoms with Crippen LogP contribution >= 0.6 is 0 Å². The topological polar surface area (TPSA) is 30.3 Å². The molecule has 1 saturated heterocycles. The van der Waals surface area contributed by atoms with Gasteiger partial charge < -0.3 is 4.90 Å². The first-order valence-corrected chi connectivity index (χ1v) is 6.47. The van der Waals surface area contributed by atoms with Gasteiger partial charge >= 0.3 is 0 Å². The lowest BCUT2D eigenvalue weighted by atomic mass is 10.1. The molecule has 0 atom stereocenters. The van der Waals surface area contributed by atoms with Crippen molar-refractivity contribution < 1.29 is 0 Å². The first kappa shape index (κ1) is 10.8. The predicted molar refractivity (Wildman–Crippen MR) is 69.4 cm³/mol. The van der Waals surface area contributed by atoms with Gasteiger partial charge in [-0.15, -0.1) is 0 Å². The molecule has 2 aliphatic rings. The Bertz CT molecular complexity index is 389. The maximum absolute atomic E-state index is 8.22. The molecule has 0 bridgehead atoms. The normalized spacial score (nSPS) is 21.5. The zero-order valence-electron chi connectivity index (χ0n) is 10.1. The van der Waals surface area contributed by atoms with Crippen LogP contribution in [-0.4, -0.2) is 47.9 Å². The van der Waals surface area contributed by atoms with Crippen LogP contribution in [-0.2, 0) is 0 Å². The van der Waals surface area contributed by atoms with Crippen LogP contribution in [0.25, 0.3) is 0 Å². The van der Waals surface area contributed by atoms with Crippen molar-refractivity contribution in [2.45, 2.75) is 18.9 Å². The summed E-state index contributed by atoms with van der Waals surface area (Å²) < 4.78 is 0. The van der Waals surface area contributed by atoms with Gasteiger partial charge in [0.15, 0.2) is 0 Å². The number of hydrogen-bond acceptors (Lipinski definition) is 2. The highest BCUT2D eigenvalue weighted by Gasteiger charge is 2.31. The Labute approximate surface area is 103 Å². The lowest BCUT2D eigenvalue weighted by molar-refractivity contribution is 0.174. The Morgan fingerprint density at radius 3 is 2.24 bits per heavy atom. The van der Waals surface area contributed by atoms with Crippen LogP contribution in [0.15, 0.2) is 30.3 Å². The van der Waals surface area contributed by atoms with Gasteiger partial charge in [-0.2, -0.15) is 0 Å². The molecule has 90 valence electrons. The smallest absolute Gasteiger partial charge is 0.128 e. The molecule has 1 N–H and O–H groups in total. The molecule has 3 rings (SSSR count). The van der Waals surface area contributed by atoms with Crippen molar-refractivity contribution in [2.75, 3.05) is 26.2 Å². The number of piperazine rings is 1. The summed E-state index contributed by atoms with van der Waals surface area (Å²) in [5, 5.41) is 8.22. The number of rotatable bonds is 2. The van der Waals surface area contributed by atoms with E-state index < -0.39 is 0 Å². The summed E-state index contributed by atoms with van der Waals surface area (Å²) >= 11 is 0. The van der Waals surface area contributed by atoms with E-state index in [1.54, 1.807) is 0 Å². The second kappa shape index (κ2) is 4.49. The largest absolute Gasteiger partial charge is 0.354 e. The molecule has 1 aromatic carbocycles. The fourth-order valence-corrected chi connectivity index (χ4v) is 2.53. The number of amidine groups is 1. The van der Waals surface area contributed by atoms with Gasteiger partial charge in [0.25, 0.3) is 0 Å². The van der Waals surface area contributed by atoms with Gasteiger partial charge in [-0.05, 0) is 12.8 Å². The predicted octanol–water partition coefficient (Wildman–Crippen LogP) is 1.79. The fraction of sp³-hybridized carbons (Fsp3) is 0.500. The summed E-state index contributed by atoms with van der Waals surface area (Å²) in [4.78, 5) is 4.78. The molecule has 1 saturated carbocycles. The zero-order valence-corrected chi connectivity index (χ0v) is 10.1. The van der Waals surface area contributed by atoms with E-state index in [0.717, 1.165) is 37.8 Å². The second-order valence-electron chi connectivity index (χ2n) is 4.97. The quantitative estimate of drug-likeness (QED) is 0.619. The summed E-state index contributed by atoms with van der Waals surface area (Å²) in [5.74, 6) is 0.682. The van der Waals surface area contributed by atoms with Gasteiger partial charge in [-0.25, -0.2) is 0 Å². The molecule has 0 aromatic heterocycles. The highest BCUT2D eigenvalue weighted by molar-refractivity contribution is 5.96. The molecule has 0 unspecified atom stereocenters. The molecular formula is C14H19N3. The van der Waals surface area contributed by atoms with E-state index in [0.29, 0.717) is 5.84 Å². The van der Waals surface area contributed by atoms with Crippen LogP contribution in [0.4, 0.5) is 0 Å². The van der Waals surface area contributed by atoms with Crippen molar-refractivity contribution in [2.24, 2.45) is 0 Å². The first-order chi connectivity index (χ1) is 8.34. The third-order valence-corrected chi connectivity index (χ3v) is 3.74. The van der Waals surface area contributed by atoms with E-state index in [1.165, 1.54) is 12.8 Å². The van der Waals surface area contributed by atoms with Gasteiger partial charge in [0.05, 0.1) is 0 Å². The maximum atomic E-state index is 8.22. The van der Waals surface area contributed by atoms with Crippen LogP contribution in [0, 0.1) is 5.41 Å². The first-order valence-electron chi connectivity index (χ1n) is 6.47. The molecule has 2 fully saturated rings. The summed E-state index contributed by atoms with van der Waals surface area (Å²) in [7, 11) is 0. The minimum absolute atomic E-state index is 0.682. The van der Waals surface area contributed by atoms with Crippen LogP contribution in [0.5, 0.6) is 0 Å². The van der Waals surface area contributed by atoms with Gasteiger partial charge in [-0.1, -0.05) is 30.3 Å². The van der Waals surface area contributed by atoms with Gasteiger partial charge in [0.2, 0.25) is 0 Å². The van der Waals surface area contributed by atoms with Crippen LogP contribution in [0.3, 0.4) is 0 Å². The minimum Gasteiger partial charge on any atom is -0.354 e. The van der Waals surface area contributed by atoms with Crippen LogP contribution < -0.4 is 0 Å². The molecule has 1 heterocycles. The number of hydrogen-bond donors (Lipinski definition) is 1. The lowest BCUT2D eigenvalue weighted by Gasteiger charge is -2.36. The van der Waals surface area contributed by atoms with E-state index in [1.807, 2.05) is 30.3 Å². The Kier molecular flexibility index (Phi) is 2.85. The van der Waals surface area contributed by atoms with Crippen molar-refractivity contribution >= 4 is 5.84 Å². The summed E-state index contributed by atoms with van der Waals surface area (Å²) in [6.07, 6.45) is 2.77. The Hall–Kier alpha value is -1.35. The second-order valence-corrected chi connectivity index (χ2v) is 4.97. The Morgan fingerprint density at radius 1 is 1.00 bits per heavy atom. The highest BCUT2D eigenvalue weighted by Crippen LogP contribution is 2.27. The lowest BCUT2D eigenvalue weighted by Crippen LogP contribution is -2.49. The van der Waals surface area contributed by atoms with E-state index in [-0.39, 0.29) is 0 Å². The average molecular weight is 229 g/mol. The van der Waals surface area contributed by atoms with Gasteiger partial charge in [-0.3, -0.25) is 10.3 Å². The van der Waals surface area contributed by atoms with E-state index in [9.17, 15) is 0 Å². The third kappa shape index (κ3) is 2.34. The van der Waals surface area contributed by atoms with Gasteiger partial charge in [0.1, 0.15) is 5.84 Å². The third-order valence-electron chi connectivity index (χ3n) is 3.74. The van der Waals surface area contributed by atoms with E-state index in [4.69, 9.17) is 5.41 Å². The maximum Gasteiger partial charge on any atom is 0.128 e. The van der Waals surface area contributed by atoms with Crippen molar-refractivity contribution in [3.63, 3.8) is 0 Å². The number of nitrogens with zero attached hydrogens (tertiary/aromatic N) is 2. The van der Waals surface area contributed by atoms with Crippen molar-refractivity contribution in [1.82, 2.24) is 9.80 Å². The van der Waals surface area contributed by atoms with Gasteiger partial charge in [0, 0.05) is 37.8 Å². The van der Waals surface area contributed by atoms with E-state index in [2.05, 4.69) is 9.80 Å². The zero-order chi connectivity index (χ0) is 11.7.